The van der Waals surface area contributed by atoms with Gasteiger partial charge in [-0.15, -0.1) is 0 Å². The van der Waals surface area contributed by atoms with Gasteiger partial charge in [-0.05, 0) is 30.3 Å². The van der Waals surface area contributed by atoms with Crippen LogP contribution in [-0.2, 0) is 11.8 Å². The molecule has 0 aliphatic rings. The molecule has 0 atom stereocenters. The Bertz CT molecular complexity index is 877. The van der Waals surface area contributed by atoms with Gasteiger partial charge in [-0.1, -0.05) is 35.3 Å². The number of carbonyl (C=O) groups is 1. The Morgan fingerprint density at radius 1 is 1.26 bits per heavy atom. The number of nitrogens with one attached hydrogen (secondary N) is 1. The maximum absolute atomic E-state index is 12.0. The normalized spacial score (nSPS) is 10.7. The van der Waals surface area contributed by atoms with Crippen molar-refractivity contribution in [2.24, 2.45) is 7.05 Å². The van der Waals surface area contributed by atoms with Crippen LogP contribution in [0.2, 0.25) is 10.0 Å². The highest BCUT2D eigenvalue weighted by molar-refractivity contribution is 6.35. The van der Waals surface area contributed by atoms with Crippen LogP contribution in [0, 0.1) is 0 Å². The summed E-state index contributed by atoms with van der Waals surface area (Å²) in [6, 6.07) is 12.5. The molecular weight excluding hydrogens is 337 g/mol. The number of ether oxygens (including phenoxy) is 1. The summed E-state index contributed by atoms with van der Waals surface area (Å²) in [5.41, 5.74) is 1.75. The van der Waals surface area contributed by atoms with Gasteiger partial charge in [-0.2, -0.15) is 0 Å². The van der Waals surface area contributed by atoms with E-state index in [1.165, 1.54) is 0 Å². The Labute approximate surface area is 142 Å². The molecule has 1 heterocycles. The Kier molecular flexibility index (Phi) is 4.41. The van der Waals surface area contributed by atoms with Gasteiger partial charge in [0.2, 0.25) is 5.95 Å². The molecule has 0 bridgehead atoms. The third-order valence-corrected chi connectivity index (χ3v) is 3.82. The number of aromatic nitrogens is 2. The minimum atomic E-state index is -0.325. The lowest BCUT2D eigenvalue weighted by atomic mass is 10.3. The third kappa shape index (κ3) is 3.41. The van der Waals surface area contributed by atoms with E-state index in [1.807, 2.05) is 35.9 Å². The molecular formula is C16H13Cl2N3O2. The maximum atomic E-state index is 12.0. The fourth-order valence-electron chi connectivity index (χ4n) is 2.15. The van der Waals surface area contributed by atoms with Crippen LogP contribution in [0.4, 0.5) is 5.95 Å². The number of hydrogen-bond acceptors (Lipinski definition) is 3. The van der Waals surface area contributed by atoms with Crippen LogP contribution < -0.4 is 10.1 Å². The molecule has 0 unspecified atom stereocenters. The fraction of sp³-hybridized carbons (Fsp3) is 0.125. The monoisotopic (exact) mass is 349 g/mol. The van der Waals surface area contributed by atoms with Crippen LogP contribution in [-0.4, -0.2) is 22.1 Å². The van der Waals surface area contributed by atoms with Crippen LogP contribution in [0.5, 0.6) is 5.75 Å². The first kappa shape index (κ1) is 15.6. The van der Waals surface area contributed by atoms with Gasteiger partial charge in [0.05, 0.1) is 16.1 Å². The number of aryl methyl sites for hydroxylation is 1. The maximum Gasteiger partial charge on any atom is 0.264 e. The molecule has 0 radical (unpaired) electrons. The molecule has 118 valence electrons. The topological polar surface area (TPSA) is 56.2 Å². The van der Waals surface area contributed by atoms with Gasteiger partial charge in [-0.25, -0.2) is 4.98 Å². The van der Waals surface area contributed by atoms with E-state index in [0.29, 0.717) is 21.7 Å². The Morgan fingerprint density at radius 3 is 2.78 bits per heavy atom. The summed E-state index contributed by atoms with van der Waals surface area (Å²) in [4.78, 5) is 16.4. The number of anilines is 1. The molecule has 7 heteroatoms. The van der Waals surface area contributed by atoms with Gasteiger partial charge < -0.3 is 9.30 Å². The van der Waals surface area contributed by atoms with Gasteiger partial charge in [0, 0.05) is 12.1 Å². The van der Waals surface area contributed by atoms with Crippen LogP contribution in [0.3, 0.4) is 0 Å². The van der Waals surface area contributed by atoms with Crippen molar-refractivity contribution >= 4 is 46.1 Å². The molecule has 0 aliphatic carbocycles. The van der Waals surface area contributed by atoms with Crippen molar-refractivity contribution in [2.75, 3.05) is 11.9 Å². The number of nitrogens with zero attached hydrogens (tertiary/aromatic N) is 2. The highest BCUT2D eigenvalue weighted by Crippen LogP contribution is 2.27. The number of imidazole rings is 1. The number of hydrogen-bond donors (Lipinski definition) is 1. The Balaban J connectivity index is 1.68. The van der Waals surface area contributed by atoms with Gasteiger partial charge in [0.15, 0.2) is 6.61 Å². The van der Waals surface area contributed by atoms with E-state index < -0.39 is 0 Å². The summed E-state index contributed by atoms with van der Waals surface area (Å²) in [6.07, 6.45) is 0. The van der Waals surface area contributed by atoms with Crippen molar-refractivity contribution in [1.82, 2.24) is 9.55 Å². The second-order valence-corrected chi connectivity index (χ2v) is 5.74. The summed E-state index contributed by atoms with van der Waals surface area (Å²) < 4.78 is 7.21. The van der Waals surface area contributed by atoms with Crippen LogP contribution in [0.1, 0.15) is 0 Å². The number of halogens is 2. The number of para-hydroxylation sites is 2. The zero-order chi connectivity index (χ0) is 16.4. The molecule has 1 N–H and O–H groups in total. The predicted molar refractivity (Wildman–Crippen MR) is 91.3 cm³/mol. The lowest BCUT2D eigenvalue weighted by Crippen LogP contribution is -2.22. The fourth-order valence-corrected chi connectivity index (χ4v) is 2.62. The lowest BCUT2D eigenvalue weighted by molar-refractivity contribution is -0.118. The van der Waals surface area contributed by atoms with Crippen molar-refractivity contribution in [3.05, 3.63) is 52.5 Å². The Morgan fingerprint density at radius 2 is 2.04 bits per heavy atom. The van der Waals surface area contributed by atoms with E-state index in [0.717, 1.165) is 11.0 Å². The first-order valence-electron chi connectivity index (χ1n) is 6.84. The average molecular weight is 350 g/mol. The minimum Gasteiger partial charge on any atom is -0.482 e. The lowest BCUT2D eigenvalue weighted by Gasteiger charge is -2.08. The highest BCUT2D eigenvalue weighted by atomic mass is 35.5. The van der Waals surface area contributed by atoms with Crippen molar-refractivity contribution in [3.8, 4) is 5.75 Å². The summed E-state index contributed by atoms with van der Waals surface area (Å²) in [6.45, 7) is -0.176. The SMILES string of the molecule is Cn1c(NC(=O)COc2ccc(Cl)cc2Cl)nc2ccccc21. The predicted octanol–water partition coefficient (Wildman–Crippen LogP) is 3.90. The van der Waals surface area contributed by atoms with Crippen LogP contribution in [0.15, 0.2) is 42.5 Å². The van der Waals surface area contributed by atoms with Crippen molar-refractivity contribution in [2.45, 2.75) is 0 Å². The van der Waals surface area contributed by atoms with E-state index in [1.54, 1.807) is 18.2 Å². The van der Waals surface area contributed by atoms with Gasteiger partial charge >= 0.3 is 0 Å². The number of carbonyl (C=O) groups excluding carboxylic acids is 1. The molecule has 23 heavy (non-hydrogen) atoms. The molecule has 1 aromatic heterocycles. The number of rotatable bonds is 4. The van der Waals surface area contributed by atoms with Crippen molar-refractivity contribution < 1.29 is 9.53 Å². The molecule has 5 nitrogen and oxygen atoms in total. The third-order valence-electron chi connectivity index (χ3n) is 3.29. The molecule has 3 rings (SSSR count). The molecule has 0 aliphatic heterocycles. The molecule has 0 saturated heterocycles. The largest absolute Gasteiger partial charge is 0.482 e. The zero-order valence-electron chi connectivity index (χ0n) is 12.2. The highest BCUT2D eigenvalue weighted by Gasteiger charge is 2.11. The van der Waals surface area contributed by atoms with E-state index in [4.69, 9.17) is 27.9 Å². The van der Waals surface area contributed by atoms with E-state index in [9.17, 15) is 4.79 Å². The number of benzene rings is 2. The molecule has 0 spiro atoms. The first-order chi connectivity index (χ1) is 11.0. The number of amides is 1. The summed E-state index contributed by atoms with van der Waals surface area (Å²) >= 11 is 11.8. The summed E-state index contributed by atoms with van der Waals surface area (Å²) in [5, 5.41) is 3.58. The van der Waals surface area contributed by atoms with Gasteiger partial charge in [0.25, 0.3) is 5.91 Å². The Hall–Kier alpha value is -2.24. The summed E-state index contributed by atoms with van der Waals surface area (Å²) in [5.74, 6) is 0.535. The van der Waals surface area contributed by atoms with E-state index in [-0.39, 0.29) is 12.5 Å². The van der Waals surface area contributed by atoms with Gasteiger partial charge in [-0.3, -0.25) is 10.1 Å². The average Bonchev–Trinajstić information content (AvgIpc) is 2.83. The molecule has 1 amide bonds. The second-order valence-electron chi connectivity index (χ2n) is 4.89. The second kappa shape index (κ2) is 6.48. The molecule has 2 aromatic carbocycles. The zero-order valence-corrected chi connectivity index (χ0v) is 13.7. The van der Waals surface area contributed by atoms with Crippen LogP contribution in [0.25, 0.3) is 11.0 Å². The van der Waals surface area contributed by atoms with Crippen LogP contribution >= 0.6 is 23.2 Å². The van der Waals surface area contributed by atoms with Crippen molar-refractivity contribution in [1.29, 1.82) is 0 Å². The smallest absolute Gasteiger partial charge is 0.264 e. The minimum absolute atomic E-state index is 0.176. The first-order valence-corrected chi connectivity index (χ1v) is 7.59. The standard InChI is InChI=1S/C16H13Cl2N3O2/c1-21-13-5-3-2-4-12(13)19-16(21)20-15(22)9-23-14-7-6-10(17)8-11(14)18/h2-8H,9H2,1H3,(H,19,20,22). The van der Waals surface area contributed by atoms with Crippen molar-refractivity contribution in [3.63, 3.8) is 0 Å². The number of fused-ring (bicyclic) bond motifs is 1. The molecule has 3 aromatic rings. The molecule has 0 saturated carbocycles. The summed E-state index contributed by atoms with van der Waals surface area (Å²) in [7, 11) is 1.84. The van der Waals surface area contributed by atoms with Gasteiger partial charge in [0.1, 0.15) is 5.75 Å². The molecule has 0 fully saturated rings. The quantitative estimate of drug-likeness (QED) is 0.777. The van der Waals surface area contributed by atoms with E-state index >= 15 is 0 Å². The van der Waals surface area contributed by atoms with E-state index in [2.05, 4.69) is 10.3 Å².